The van der Waals surface area contributed by atoms with E-state index in [1.165, 1.54) is 32.1 Å². The molecule has 1 aliphatic carbocycles. The second-order valence-corrected chi connectivity index (χ2v) is 4.30. The van der Waals surface area contributed by atoms with Crippen molar-refractivity contribution < 1.29 is 5.11 Å². The van der Waals surface area contributed by atoms with Gasteiger partial charge in [0, 0.05) is 12.6 Å². The molecule has 1 heterocycles. The molecule has 0 unspecified atom stereocenters. The fourth-order valence-corrected chi connectivity index (χ4v) is 2.64. The molecule has 0 spiro atoms. The van der Waals surface area contributed by atoms with Crippen LogP contribution in [0.2, 0.25) is 0 Å². The highest BCUT2D eigenvalue weighted by atomic mass is 16.3. The first-order valence-corrected chi connectivity index (χ1v) is 5.28. The van der Waals surface area contributed by atoms with Gasteiger partial charge in [-0.1, -0.05) is 19.3 Å². The van der Waals surface area contributed by atoms with Crippen molar-refractivity contribution in [1.82, 2.24) is 5.32 Å². The average Bonchev–Trinajstić information content (AvgIpc) is 2.54. The summed E-state index contributed by atoms with van der Waals surface area (Å²) in [7, 11) is 0. The summed E-state index contributed by atoms with van der Waals surface area (Å²) in [4.78, 5) is 0. The molecular formula is C10H19NO. The summed E-state index contributed by atoms with van der Waals surface area (Å²) in [5.74, 6) is 0.857. The van der Waals surface area contributed by atoms with Crippen molar-refractivity contribution in [2.75, 3.05) is 6.54 Å². The number of hydrogen-bond donors (Lipinski definition) is 2. The molecule has 0 aromatic carbocycles. The third-order valence-corrected chi connectivity index (χ3v) is 3.36. The zero-order valence-corrected chi connectivity index (χ0v) is 7.63. The fourth-order valence-electron chi connectivity index (χ4n) is 2.64. The molecule has 2 heteroatoms. The Balaban J connectivity index is 1.83. The molecule has 12 heavy (non-hydrogen) atoms. The van der Waals surface area contributed by atoms with E-state index in [9.17, 15) is 5.11 Å². The molecule has 2 nitrogen and oxygen atoms in total. The van der Waals surface area contributed by atoms with E-state index in [0.717, 1.165) is 18.9 Å². The molecular weight excluding hydrogens is 150 g/mol. The number of aliphatic hydroxyl groups is 1. The molecule has 2 N–H and O–H groups in total. The first kappa shape index (κ1) is 8.52. The SMILES string of the molecule is O[C@H]1CN[C@@H](C2CCCCC2)C1. The van der Waals surface area contributed by atoms with Crippen LogP contribution in [0.1, 0.15) is 38.5 Å². The van der Waals surface area contributed by atoms with E-state index in [2.05, 4.69) is 5.32 Å². The van der Waals surface area contributed by atoms with Crippen LogP contribution in [0.5, 0.6) is 0 Å². The van der Waals surface area contributed by atoms with Gasteiger partial charge in [-0.15, -0.1) is 0 Å². The highest BCUT2D eigenvalue weighted by molar-refractivity contribution is 4.87. The highest BCUT2D eigenvalue weighted by Crippen LogP contribution is 2.29. The normalized spacial score (nSPS) is 38.8. The van der Waals surface area contributed by atoms with Crippen molar-refractivity contribution >= 4 is 0 Å². The molecule has 0 aromatic heterocycles. The van der Waals surface area contributed by atoms with Crippen LogP contribution in [0.4, 0.5) is 0 Å². The largest absolute Gasteiger partial charge is 0.392 e. The fraction of sp³-hybridized carbons (Fsp3) is 1.00. The summed E-state index contributed by atoms with van der Waals surface area (Å²) in [5.41, 5.74) is 0. The Kier molecular flexibility index (Phi) is 2.66. The van der Waals surface area contributed by atoms with Gasteiger partial charge in [0.25, 0.3) is 0 Å². The number of β-amino-alcohol motifs (C(OH)–C–C–N with tert-alkyl or cyclic N) is 1. The van der Waals surface area contributed by atoms with E-state index in [1.807, 2.05) is 0 Å². The van der Waals surface area contributed by atoms with Crippen LogP contribution in [-0.2, 0) is 0 Å². The summed E-state index contributed by atoms with van der Waals surface area (Å²) in [6, 6.07) is 0.625. The van der Waals surface area contributed by atoms with E-state index >= 15 is 0 Å². The van der Waals surface area contributed by atoms with Crippen molar-refractivity contribution in [3.63, 3.8) is 0 Å². The van der Waals surface area contributed by atoms with Crippen molar-refractivity contribution in [2.24, 2.45) is 5.92 Å². The van der Waals surface area contributed by atoms with Gasteiger partial charge in [0.15, 0.2) is 0 Å². The zero-order valence-electron chi connectivity index (χ0n) is 7.63. The summed E-state index contributed by atoms with van der Waals surface area (Å²) in [6.07, 6.45) is 7.90. The lowest BCUT2D eigenvalue weighted by atomic mass is 9.83. The van der Waals surface area contributed by atoms with Crippen LogP contribution in [-0.4, -0.2) is 23.8 Å². The summed E-state index contributed by atoms with van der Waals surface area (Å²) < 4.78 is 0. The van der Waals surface area contributed by atoms with E-state index in [1.54, 1.807) is 0 Å². The van der Waals surface area contributed by atoms with Gasteiger partial charge < -0.3 is 10.4 Å². The van der Waals surface area contributed by atoms with Gasteiger partial charge in [0.2, 0.25) is 0 Å². The smallest absolute Gasteiger partial charge is 0.0679 e. The molecule has 2 rings (SSSR count). The molecule has 0 bridgehead atoms. The zero-order chi connectivity index (χ0) is 8.39. The first-order valence-electron chi connectivity index (χ1n) is 5.28. The Morgan fingerprint density at radius 3 is 2.42 bits per heavy atom. The van der Waals surface area contributed by atoms with Gasteiger partial charge in [-0.05, 0) is 25.2 Å². The summed E-state index contributed by atoms with van der Waals surface area (Å²) >= 11 is 0. The third-order valence-electron chi connectivity index (χ3n) is 3.36. The van der Waals surface area contributed by atoms with Crippen LogP contribution in [0.15, 0.2) is 0 Å². The number of hydrogen-bond acceptors (Lipinski definition) is 2. The molecule has 0 radical (unpaired) electrons. The van der Waals surface area contributed by atoms with E-state index < -0.39 is 0 Å². The highest BCUT2D eigenvalue weighted by Gasteiger charge is 2.29. The quantitative estimate of drug-likeness (QED) is 0.620. The first-order chi connectivity index (χ1) is 5.86. The van der Waals surface area contributed by atoms with Crippen molar-refractivity contribution in [2.45, 2.75) is 50.7 Å². The van der Waals surface area contributed by atoms with Crippen LogP contribution in [0.25, 0.3) is 0 Å². The Morgan fingerprint density at radius 2 is 1.83 bits per heavy atom. The monoisotopic (exact) mass is 169 g/mol. The third kappa shape index (κ3) is 1.80. The molecule has 0 aromatic rings. The topological polar surface area (TPSA) is 32.3 Å². The van der Waals surface area contributed by atoms with Gasteiger partial charge in [-0.25, -0.2) is 0 Å². The van der Waals surface area contributed by atoms with Crippen LogP contribution in [0, 0.1) is 5.92 Å². The lowest BCUT2D eigenvalue weighted by Gasteiger charge is -2.27. The van der Waals surface area contributed by atoms with E-state index in [0.29, 0.717) is 6.04 Å². The minimum absolute atomic E-state index is 0.0723. The van der Waals surface area contributed by atoms with Gasteiger partial charge in [0.1, 0.15) is 0 Å². The van der Waals surface area contributed by atoms with Crippen molar-refractivity contribution in [1.29, 1.82) is 0 Å². The van der Waals surface area contributed by atoms with Crippen LogP contribution >= 0.6 is 0 Å². The standard InChI is InChI=1S/C10H19NO/c12-9-6-10(11-7-9)8-4-2-1-3-5-8/h8-12H,1-7H2/t9-,10-/m1/s1. The molecule has 2 atom stereocenters. The van der Waals surface area contributed by atoms with Crippen LogP contribution < -0.4 is 5.32 Å². The Labute approximate surface area is 74.4 Å². The van der Waals surface area contributed by atoms with Gasteiger partial charge in [-0.3, -0.25) is 0 Å². The van der Waals surface area contributed by atoms with E-state index in [-0.39, 0.29) is 6.10 Å². The molecule has 1 aliphatic heterocycles. The molecule has 1 saturated carbocycles. The minimum atomic E-state index is -0.0723. The minimum Gasteiger partial charge on any atom is -0.392 e. The predicted molar refractivity (Wildman–Crippen MR) is 49.0 cm³/mol. The summed E-state index contributed by atoms with van der Waals surface area (Å²) in [6.45, 7) is 0.821. The average molecular weight is 169 g/mol. The van der Waals surface area contributed by atoms with E-state index in [4.69, 9.17) is 0 Å². The predicted octanol–water partition coefficient (Wildman–Crippen LogP) is 1.29. The van der Waals surface area contributed by atoms with Crippen molar-refractivity contribution in [3.8, 4) is 0 Å². The maximum absolute atomic E-state index is 9.37. The molecule has 2 aliphatic rings. The Bertz CT molecular complexity index is 140. The molecule has 70 valence electrons. The lowest BCUT2D eigenvalue weighted by molar-refractivity contribution is 0.185. The number of nitrogens with one attached hydrogen (secondary N) is 1. The van der Waals surface area contributed by atoms with Gasteiger partial charge in [-0.2, -0.15) is 0 Å². The molecule has 0 amide bonds. The maximum atomic E-state index is 9.37. The second-order valence-electron chi connectivity index (χ2n) is 4.30. The number of aliphatic hydroxyl groups excluding tert-OH is 1. The van der Waals surface area contributed by atoms with Gasteiger partial charge >= 0.3 is 0 Å². The maximum Gasteiger partial charge on any atom is 0.0679 e. The Morgan fingerprint density at radius 1 is 1.08 bits per heavy atom. The second kappa shape index (κ2) is 3.75. The van der Waals surface area contributed by atoms with Gasteiger partial charge in [0.05, 0.1) is 6.10 Å². The lowest BCUT2D eigenvalue weighted by Crippen LogP contribution is -2.31. The summed E-state index contributed by atoms with van der Waals surface area (Å²) in [5, 5.41) is 12.8. The number of rotatable bonds is 1. The molecule has 2 fully saturated rings. The van der Waals surface area contributed by atoms with Crippen molar-refractivity contribution in [3.05, 3.63) is 0 Å². The van der Waals surface area contributed by atoms with Crippen LogP contribution in [0.3, 0.4) is 0 Å². The Hall–Kier alpha value is -0.0800. The molecule has 1 saturated heterocycles.